The predicted molar refractivity (Wildman–Crippen MR) is 124 cm³/mol. The van der Waals surface area contributed by atoms with Crippen molar-refractivity contribution in [1.29, 1.82) is 0 Å². The third kappa shape index (κ3) is 9.19. The molecule has 1 aromatic carbocycles. The molecule has 188 valence electrons. The number of aliphatic hydroxyl groups excluding tert-OH is 1. The number of methoxy groups -OCH3 is 1. The average Bonchev–Trinajstić information content (AvgIpc) is 2.75. The minimum atomic E-state index is -1.14. The van der Waals surface area contributed by atoms with Crippen molar-refractivity contribution in [1.82, 2.24) is 0 Å². The van der Waals surface area contributed by atoms with E-state index in [4.69, 9.17) is 25.1 Å². The topological polar surface area (TPSA) is 149 Å². The quantitative estimate of drug-likeness (QED) is 0.268. The van der Waals surface area contributed by atoms with Crippen LogP contribution in [-0.2, 0) is 14.3 Å². The molecule has 0 fully saturated rings. The Bertz CT molecular complexity index is 754. The zero-order chi connectivity index (χ0) is 25.1. The number of aliphatic carboxylic acids is 2. The van der Waals surface area contributed by atoms with Gasteiger partial charge in [-0.15, -0.1) is 0 Å². The number of carboxylic acid groups (broad SMARTS) is 2. The van der Waals surface area contributed by atoms with Crippen LogP contribution in [0.4, 0.5) is 0 Å². The lowest BCUT2D eigenvalue weighted by Crippen LogP contribution is -2.43. The molecule has 1 aromatic rings. The molecule has 33 heavy (non-hydrogen) atoms. The molecular formula is C24H39NO8. The van der Waals surface area contributed by atoms with Gasteiger partial charge in [-0.05, 0) is 36.0 Å². The number of aliphatic hydroxyl groups is 1. The van der Waals surface area contributed by atoms with E-state index in [2.05, 4.69) is 13.8 Å². The number of carboxylic acids is 2. The number of rotatable bonds is 16. The summed E-state index contributed by atoms with van der Waals surface area (Å²) in [5.41, 5.74) is 6.84. The third-order valence-corrected chi connectivity index (χ3v) is 5.97. The van der Waals surface area contributed by atoms with Crippen LogP contribution in [0, 0.1) is 17.8 Å². The highest BCUT2D eigenvalue weighted by Gasteiger charge is 2.36. The molecular weight excluding hydrogens is 430 g/mol. The summed E-state index contributed by atoms with van der Waals surface area (Å²) >= 11 is 0. The van der Waals surface area contributed by atoms with Crippen LogP contribution in [0.2, 0.25) is 0 Å². The Balaban J connectivity index is 3.29. The standard InChI is InChI=1S/C24H39NO8/c1-14(2)15(3)11-18(25)23(28)22(16(4)24(29)30)17-7-8-19(33-13-21(26)27)20(12-17)32-10-6-9-31-5/h7-8,12,14-16,18,22-23,28H,6,9-11,13,25H2,1-5H3,(H,26,27)(H,29,30). The van der Waals surface area contributed by atoms with Crippen LogP contribution in [0.5, 0.6) is 11.5 Å². The first-order valence-corrected chi connectivity index (χ1v) is 11.3. The second-order valence-electron chi connectivity index (χ2n) is 8.85. The summed E-state index contributed by atoms with van der Waals surface area (Å²) in [5.74, 6) is -2.81. The van der Waals surface area contributed by atoms with Crippen molar-refractivity contribution >= 4 is 11.9 Å². The number of ether oxygens (including phenoxy) is 3. The fourth-order valence-corrected chi connectivity index (χ4v) is 3.53. The number of nitrogens with two attached hydrogens (primary N) is 1. The lowest BCUT2D eigenvalue weighted by Gasteiger charge is -2.33. The second kappa shape index (κ2) is 14.0. The molecule has 0 radical (unpaired) electrons. The molecule has 5 N–H and O–H groups in total. The first kappa shape index (κ1) is 28.7. The maximum absolute atomic E-state index is 11.9. The molecule has 0 aliphatic carbocycles. The van der Waals surface area contributed by atoms with E-state index >= 15 is 0 Å². The number of hydrogen-bond acceptors (Lipinski definition) is 7. The van der Waals surface area contributed by atoms with Gasteiger partial charge in [0, 0.05) is 32.1 Å². The normalized spacial score (nSPS) is 16.0. The summed E-state index contributed by atoms with van der Waals surface area (Å²) in [6.07, 6.45) is 0.0284. The van der Waals surface area contributed by atoms with E-state index in [1.54, 1.807) is 19.2 Å². The van der Waals surface area contributed by atoms with Crippen molar-refractivity contribution in [3.8, 4) is 11.5 Å². The fraction of sp³-hybridized carbons (Fsp3) is 0.667. The Kier molecular flexibility index (Phi) is 12.2. The Hall–Kier alpha value is -2.36. The molecule has 0 spiro atoms. The highest BCUT2D eigenvalue weighted by atomic mass is 16.5. The largest absolute Gasteiger partial charge is 0.490 e. The maximum atomic E-state index is 11.9. The molecule has 9 heteroatoms. The molecule has 5 atom stereocenters. The van der Waals surface area contributed by atoms with E-state index in [1.165, 1.54) is 13.0 Å². The highest BCUT2D eigenvalue weighted by molar-refractivity contribution is 5.71. The van der Waals surface area contributed by atoms with Crippen molar-refractivity contribution in [2.75, 3.05) is 26.9 Å². The summed E-state index contributed by atoms with van der Waals surface area (Å²) in [6.45, 7) is 7.94. The van der Waals surface area contributed by atoms with Crippen LogP contribution in [0.1, 0.15) is 52.0 Å². The molecule has 0 saturated carbocycles. The summed E-state index contributed by atoms with van der Waals surface area (Å²) in [7, 11) is 1.57. The van der Waals surface area contributed by atoms with Crippen LogP contribution in [0.3, 0.4) is 0 Å². The highest BCUT2D eigenvalue weighted by Crippen LogP contribution is 2.37. The van der Waals surface area contributed by atoms with Crippen molar-refractivity contribution in [3.63, 3.8) is 0 Å². The molecule has 0 aliphatic rings. The number of benzene rings is 1. The van der Waals surface area contributed by atoms with E-state index in [0.29, 0.717) is 30.9 Å². The van der Waals surface area contributed by atoms with Crippen LogP contribution < -0.4 is 15.2 Å². The van der Waals surface area contributed by atoms with E-state index in [-0.39, 0.29) is 24.0 Å². The Morgan fingerprint density at radius 1 is 1.03 bits per heavy atom. The van der Waals surface area contributed by atoms with Crippen molar-refractivity contribution in [3.05, 3.63) is 23.8 Å². The molecule has 0 aliphatic heterocycles. The third-order valence-electron chi connectivity index (χ3n) is 5.97. The van der Waals surface area contributed by atoms with Gasteiger partial charge in [-0.25, -0.2) is 4.79 Å². The predicted octanol–water partition coefficient (Wildman–Crippen LogP) is 2.74. The van der Waals surface area contributed by atoms with Gasteiger partial charge in [0.2, 0.25) is 0 Å². The first-order valence-electron chi connectivity index (χ1n) is 11.3. The zero-order valence-electron chi connectivity index (χ0n) is 20.2. The van der Waals surface area contributed by atoms with Gasteiger partial charge < -0.3 is 35.3 Å². The van der Waals surface area contributed by atoms with E-state index in [9.17, 15) is 19.8 Å². The van der Waals surface area contributed by atoms with Gasteiger partial charge >= 0.3 is 11.9 Å². The smallest absolute Gasteiger partial charge is 0.341 e. The monoisotopic (exact) mass is 469 g/mol. The van der Waals surface area contributed by atoms with E-state index in [1.807, 2.05) is 6.92 Å². The average molecular weight is 470 g/mol. The Labute approximate surface area is 195 Å². The Morgan fingerprint density at radius 3 is 2.24 bits per heavy atom. The van der Waals surface area contributed by atoms with Gasteiger partial charge in [-0.1, -0.05) is 33.8 Å². The summed E-state index contributed by atoms with van der Waals surface area (Å²) in [6, 6.07) is 4.12. The van der Waals surface area contributed by atoms with Crippen LogP contribution in [0.25, 0.3) is 0 Å². The van der Waals surface area contributed by atoms with Crippen LogP contribution in [0.15, 0.2) is 18.2 Å². The molecule has 0 heterocycles. The number of carbonyl (C=O) groups is 2. The Morgan fingerprint density at radius 2 is 1.70 bits per heavy atom. The molecule has 0 saturated heterocycles. The lowest BCUT2D eigenvalue weighted by molar-refractivity contribution is -0.143. The summed E-state index contributed by atoms with van der Waals surface area (Å²) < 4.78 is 16.1. The van der Waals surface area contributed by atoms with Gasteiger partial charge in [0.05, 0.1) is 18.6 Å². The molecule has 0 bridgehead atoms. The maximum Gasteiger partial charge on any atom is 0.341 e. The number of hydrogen-bond donors (Lipinski definition) is 4. The zero-order valence-corrected chi connectivity index (χ0v) is 20.2. The van der Waals surface area contributed by atoms with Gasteiger partial charge in [-0.2, -0.15) is 0 Å². The van der Waals surface area contributed by atoms with Crippen molar-refractivity contribution in [2.24, 2.45) is 23.5 Å². The van der Waals surface area contributed by atoms with E-state index in [0.717, 1.165) is 0 Å². The molecule has 0 aromatic heterocycles. The SMILES string of the molecule is COCCCOc1cc(C(C(C)C(=O)O)C(O)C(N)CC(C)C(C)C)ccc1OCC(=O)O. The summed E-state index contributed by atoms with van der Waals surface area (Å²) in [4.78, 5) is 22.8. The first-order chi connectivity index (χ1) is 15.5. The van der Waals surface area contributed by atoms with Crippen LogP contribution >= 0.6 is 0 Å². The van der Waals surface area contributed by atoms with Crippen molar-refractivity contribution in [2.45, 2.75) is 58.6 Å². The van der Waals surface area contributed by atoms with Gasteiger partial charge in [-0.3, -0.25) is 4.79 Å². The molecule has 5 unspecified atom stereocenters. The summed E-state index contributed by atoms with van der Waals surface area (Å²) in [5, 5.41) is 29.7. The van der Waals surface area contributed by atoms with Crippen LogP contribution in [-0.4, -0.2) is 66.3 Å². The lowest BCUT2D eigenvalue weighted by atomic mass is 9.77. The fourth-order valence-electron chi connectivity index (χ4n) is 3.53. The second-order valence-corrected chi connectivity index (χ2v) is 8.85. The van der Waals surface area contributed by atoms with E-state index < -0.39 is 42.5 Å². The van der Waals surface area contributed by atoms with Gasteiger partial charge in [0.25, 0.3) is 0 Å². The molecule has 1 rings (SSSR count). The molecule has 9 nitrogen and oxygen atoms in total. The van der Waals surface area contributed by atoms with Crippen molar-refractivity contribution < 1.29 is 39.1 Å². The minimum Gasteiger partial charge on any atom is -0.490 e. The van der Waals surface area contributed by atoms with Gasteiger partial charge in [0.15, 0.2) is 18.1 Å². The molecule has 0 amide bonds. The van der Waals surface area contributed by atoms with Gasteiger partial charge in [0.1, 0.15) is 0 Å². The minimum absolute atomic E-state index is 0.215.